The predicted octanol–water partition coefficient (Wildman–Crippen LogP) is 5.10. The lowest BCUT2D eigenvalue weighted by Crippen LogP contribution is -2.49. The number of likely N-dealkylation sites (N-methyl/N-ethyl adjacent to an activating group) is 1. The normalized spacial score (nSPS) is 12.2. The highest BCUT2D eigenvalue weighted by Gasteiger charge is 2.29. The van der Waals surface area contributed by atoms with Crippen molar-refractivity contribution in [2.75, 3.05) is 23.7 Å². The molecule has 0 aliphatic heterocycles. The van der Waals surface area contributed by atoms with Crippen LogP contribution in [0, 0.1) is 13.8 Å². The van der Waals surface area contributed by atoms with Gasteiger partial charge in [-0.15, -0.1) is 0 Å². The summed E-state index contributed by atoms with van der Waals surface area (Å²) in [5.74, 6) is -0.501. The van der Waals surface area contributed by atoms with Gasteiger partial charge in [0.05, 0.1) is 11.9 Å². The van der Waals surface area contributed by atoms with E-state index in [0.29, 0.717) is 34.3 Å². The number of carbonyl (C=O) groups excluding carboxylic acids is 2. The van der Waals surface area contributed by atoms with E-state index in [4.69, 9.17) is 23.2 Å². The fraction of sp³-hybridized carbons (Fsp3) is 0.462. The van der Waals surface area contributed by atoms with E-state index in [1.54, 1.807) is 24.3 Å². The van der Waals surface area contributed by atoms with Crippen LogP contribution in [0.25, 0.3) is 0 Å². The van der Waals surface area contributed by atoms with Gasteiger partial charge in [0.2, 0.25) is 21.8 Å². The van der Waals surface area contributed by atoms with Crippen molar-refractivity contribution in [1.82, 2.24) is 10.2 Å². The van der Waals surface area contributed by atoms with Crippen molar-refractivity contribution in [2.45, 2.75) is 59.5 Å². The number of hydrogen-bond donors (Lipinski definition) is 1. The zero-order valence-electron chi connectivity index (χ0n) is 21.5. The Morgan fingerprint density at radius 1 is 1.03 bits per heavy atom. The van der Waals surface area contributed by atoms with Crippen LogP contribution in [0.4, 0.5) is 5.69 Å². The molecular formula is C26H35Cl2N3O4S. The predicted molar refractivity (Wildman–Crippen MR) is 147 cm³/mol. The molecule has 7 nitrogen and oxygen atoms in total. The van der Waals surface area contributed by atoms with E-state index in [2.05, 4.69) is 5.32 Å². The molecule has 0 saturated heterocycles. The molecule has 36 heavy (non-hydrogen) atoms. The van der Waals surface area contributed by atoms with E-state index in [0.717, 1.165) is 17.4 Å². The largest absolute Gasteiger partial charge is 0.355 e. The number of nitrogens with zero attached hydrogens (tertiary/aromatic N) is 2. The van der Waals surface area contributed by atoms with Crippen LogP contribution in [0.3, 0.4) is 0 Å². The van der Waals surface area contributed by atoms with E-state index in [-0.39, 0.29) is 37.7 Å². The first-order chi connectivity index (χ1) is 16.9. The van der Waals surface area contributed by atoms with Crippen molar-refractivity contribution in [2.24, 2.45) is 0 Å². The fourth-order valence-electron chi connectivity index (χ4n) is 3.93. The number of halogens is 2. The highest BCUT2D eigenvalue weighted by atomic mass is 35.5. The fourth-order valence-corrected chi connectivity index (χ4v) is 5.36. The lowest BCUT2D eigenvalue weighted by atomic mass is 10.1. The molecule has 1 atom stereocenters. The summed E-state index contributed by atoms with van der Waals surface area (Å²) in [6.45, 7) is 8.27. The summed E-state index contributed by atoms with van der Waals surface area (Å²) in [5, 5.41) is 3.68. The maximum absolute atomic E-state index is 13.4. The van der Waals surface area contributed by atoms with Crippen LogP contribution in [0.5, 0.6) is 0 Å². The maximum atomic E-state index is 13.4. The van der Waals surface area contributed by atoms with E-state index in [9.17, 15) is 18.0 Å². The smallest absolute Gasteiger partial charge is 0.242 e. The number of anilines is 1. The number of carbonyl (C=O) groups is 2. The van der Waals surface area contributed by atoms with Gasteiger partial charge in [-0.3, -0.25) is 13.9 Å². The van der Waals surface area contributed by atoms with Gasteiger partial charge in [0.1, 0.15) is 6.04 Å². The lowest BCUT2D eigenvalue weighted by Gasteiger charge is -2.31. The first-order valence-electron chi connectivity index (χ1n) is 11.9. The van der Waals surface area contributed by atoms with Gasteiger partial charge in [-0.05, 0) is 74.6 Å². The Morgan fingerprint density at radius 3 is 2.28 bits per heavy atom. The Hall–Kier alpha value is -2.29. The molecule has 0 aliphatic rings. The van der Waals surface area contributed by atoms with Crippen LogP contribution >= 0.6 is 23.2 Å². The van der Waals surface area contributed by atoms with Gasteiger partial charge < -0.3 is 10.2 Å². The van der Waals surface area contributed by atoms with Crippen LogP contribution in [-0.2, 0) is 26.2 Å². The van der Waals surface area contributed by atoms with E-state index in [1.807, 2.05) is 39.8 Å². The van der Waals surface area contributed by atoms with Crippen molar-refractivity contribution in [3.8, 4) is 0 Å². The Kier molecular flexibility index (Phi) is 11.1. The topological polar surface area (TPSA) is 86.8 Å². The Balaban J connectivity index is 2.25. The third-order valence-corrected chi connectivity index (χ3v) is 7.80. The summed E-state index contributed by atoms with van der Waals surface area (Å²) in [4.78, 5) is 27.7. The second kappa shape index (κ2) is 13.3. The zero-order chi connectivity index (χ0) is 27.0. The number of aryl methyl sites for hydroxylation is 2. The summed E-state index contributed by atoms with van der Waals surface area (Å²) in [7, 11) is -3.55. The molecule has 0 bridgehead atoms. The van der Waals surface area contributed by atoms with Gasteiger partial charge in [-0.25, -0.2) is 8.42 Å². The summed E-state index contributed by atoms with van der Waals surface area (Å²) >= 11 is 12.4. The van der Waals surface area contributed by atoms with Crippen LogP contribution in [0.1, 0.15) is 49.8 Å². The molecular weight excluding hydrogens is 521 g/mol. The minimum Gasteiger partial charge on any atom is -0.355 e. The number of benzene rings is 2. The molecule has 2 aromatic carbocycles. The highest BCUT2D eigenvalue weighted by molar-refractivity contribution is 7.92. The van der Waals surface area contributed by atoms with Gasteiger partial charge in [0.25, 0.3) is 0 Å². The standard InChI is InChI=1S/C26H35Cl2N3O4S/c1-6-24(26(33)29-7-2)30(17-20-11-12-21(27)16-23(20)28)25(32)9-8-14-31(36(5,34)35)22-13-10-18(3)19(4)15-22/h10-13,15-16,24H,6-9,14,17H2,1-5H3,(H,29,33)/t24-/m0/s1. The molecule has 1 N–H and O–H groups in total. The molecule has 0 radical (unpaired) electrons. The summed E-state index contributed by atoms with van der Waals surface area (Å²) in [5.41, 5.74) is 3.28. The van der Waals surface area contributed by atoms with Crippen molar-refractivity contribution < 1.29 is 18.0 Å². The lowest BCUT2D eigenvalue weighted by molar-refractivity contribution is -0.141. The van der Waals surface area contributed by atoms with E-state index >= 15 is 0 Å². The monoisotopic (exact) mass is 555 g/mol. The van der Waals surface area contributed by atoms with Gasteiger partial charge in [-0.1, -0.05) is 42.3 Å². The molecule has 10 heteroatoms. The first-order valence-corrected chi connectivity index (χ1v) is 14.6. The molecule has 198 valence electrons. The van der Waals surface area contributed by atoms with Gasteiger partial charge in [0.15, 0.2) is 0 Å². The van der Waals surface area contributed by atoms with Crippen molar-refractivity contribution in [3.05, 3.63) is 63.1 Å². The number of rotatable bonds is 12. The number of nitrogens with one attached hydrogen (secondary N) is 1. The molecule has 0 spiro atoms. The molecule has 0 saturated carbocycles. The molecule has 2 amide bonds. The van der Waals surface area contributed by atoms with Crippen LogP contribution in [0.2, 0.25) is 10.0 Å². The molecule has 0 aromatic heterocycles. The molecule has 2 rings (SSSR count). The summed E-state index contributed by atoms with van der Waals surface area (Å²) in [6, 6.07) is 9.81. The average molecular weight is 557 g/mol. The first kappa shape index (κ1) is 29.9. The summed E-state index contributed by atoms with van der Waals surface area (Å²) in [6.07, 6.45) is 1.93. The van der Waals surface area contributed by atoms with Crippen LogP contribution in [-0.4, -0.2) is 50.5 Å². The number of sulfonamides is 1. The van der Waals surface area contributed by atoms with E-state index < -0.39 is 16.1 Å². The van der Waals surface area contributed by atoms with Crippen molar-refractivity contribution >= 4 is 50.7 Å². The second-order valence-corrected chi connectivity index (χ2v) is 11.5. The molecule has 0 unspecified atom stereocenters. The third kappa shape index (κ3) is 8.11. The molecule has 2 aromatic rings. The minimum atomic E-state index is -3.55. The quantitative estimate of drug-likeness (QED) is 0.394. The Labute approximate surface area is 224 Å². The number of hydrogen-bond acceptors (Lipinski definition) is 4. The van der Waals surface area contributed by atoms with Gasteiger partial charge in [0, 0.05) is 36.1 Å². The summed E-state index contributed by atoms with van der Waals surface area (Å²) < 4.78 is 26.3. The Morgan fingerprint density at radius 2 is 1.72 bits per heavy atom. The molecule has 0 heterocycles. The highest BCUT2D eigenvalue weighted by Crippen LogP contribution is 2.25. The van der Waals surface area contributed by atoms with E-state index in [1.165, 1.54) is 9.21 Å². The average Bonchev–Trinajstić information content (AvgIpc) is 2.79. The SMILES string of the molecule is CCNC(=O)[C@H](CC)N(Cc1ccc(Cl)cc1Cl)C(=O)CCCN(c1ccc(C)c(C)c1)S(C)(=O)=O. The second-order valence-electron chi connectivity index (χ2n) is 8.78. The zero-order valence-corrected chi connectivity index (χ0v) is 23.8. The number of amides is 2. The van der Waals surface area contributed by atoms with Crippen molar-refractivity contribution in [3.63, 3.8) is 0 Å². The van der Waals surface area contributed by atoms with Crippen LogP contribution in [0.15, 0.2) is 36.4 Å². The van der Waals surface area contributed by atoms with Gasteiger partial charge >= 0.3 is 0 Å². The molecule has 0 fully saturated rings. The molecule has 0 aliphatic carbocycles. The Bertz CT molecular complexity index is 1190. The van der Waals surface area contributed by atoms with Crippen LogP contribution < -0.4 is 9.62 Å². The van der Waals surface area contributed by atoms with Crippen molar-refractivity contribution in [1.29, 1.82) is 0 Å². The third-order valence-electron chi connectivity index (χ3n) is 6.02. The minimum absolute atomic E-state index is 0.0674. The maximum Gasteiger partial charge on any atom is 0.242 e. The van der Waals surface area contributed by atoms with Gasteiger partial charge in [-0.2, -0.15) is 0 Å².